The van der Waals surface area contributed by atoms with Crippen LogP contribution in [0.25, 0.3) is 0 Å². The quantitative estimate of drug-likeness (QED) is 0.823. The molecule has 1 aliphatic heterocycles. The number of anilines is 1. The number of nitrogens with zero attached hydrogens (tertiary/aromatic N) is 1. The number of amidine groups is 1. The van der Waals surface area contributed by atoms with Gasteiger partial charge in [0.15, 0.2) is 0 Å². The highest BCUT2D eigenvalue weighted by Crippen LogP contribution is 2.31. The molecule has 2 nitrogen and oxygen atoms in total. The van der Waals surface area contributed by atoms with Crippen molar-refractivity contribution in [3.05, 3.63) is 64.5 Å². The third-order valence-corrected chi connectivity index (χ3v) is 3.57. The van der Waals surface area contributed by atoms with Gasteiger partial charge in [-0.25, -0.2) is 4.39 Å². The Morgan fingerprint density at radius 3 is 2.63 bits per heavy atom. The van der Waals surface area contributed by atoms with E-state index in [0.29, 0.717) is 17.9 Å². The fourth-order valence-electron chi connectivity index (χ4n) is 2.62. The summed E-state index contributed by atoms with van der Waals surface area (Å²) in [5, 5.41) is 8.23. The highest BCUT2D eigenvalue weighted by Gasteiger charge is 2.26. The summed E-state index contributed by atoms with van der Waals surface area (Å²) in [6.45, 7) is 4.73. The Bertz CT molecular complexity index is 676. The van der Waals surface area contributed by atoms with Crippen LogP contribution in [0.15, 0.2) is 36.4 Å². The summed E-state index contributed by atoms with van der Waals surface area (Å²) in [6, 6.07) is 10.8. The highest BCUT2D eigenvalue weighted by molar-refractivity contribution is 6.12. The summed E-state index contributed by atoms with van der Waals surface area (Å²) in [7, 11) is 0. The molecule has 0 spiro atoms. The van der Waals surface area contributed by atoms with Crippen LogP contribution in [0.5, 0.6) is 0 Å². The summed E-state index contributed by atoms with van der Waals surface area (Å²) in [5.41, 5.74) is 5.06. The van der Waals surface area contributed by atoms with Crippen LogP contribution in [0.4, 0.5) is 10.1 Å². The molecule has 0 unspecified atom stereocenters. The lowest BCUT2D eigenvalue weighted by molar-refractivity contribution is 0.627. The lowest BCUT2D eigenvalue weighted by Crippen LogP contribution is -2.23. The predicted octanol–water partition coefficient (Wildman–Crippen LogP) is 3.79. The molecule has 0 fully saturated rings. The summed E-state index contributed by atoms with van der Waals surface area (Å²) in [4.78, 5) is 1.93. The first-order valence-electron chi connectivity index (χ1n) is 6.28. The number of nitrogens with one attached hydrogen (secondary N) is 1. The average Bonchev–Trinajstić information content (AvgIpc) is 2.67. The molecule has 3 rings (SSSR count). The predicted molar refractivity (Wildman–Crippen MR) is 75.3 cm³/mol. The van der Waals surface area contributed by atoms with Gasteiger partial charge >= 0.3 is 0 Å². The number of rotatable bonds is 1. The third-order valence-electron chi connectivity index (χ3n) is 3.57. The molecular formula is C16H15FN2. The van der Waals surface area contributed by atoms with Gasteiger partial charge in [0.2, 0.25) is 0 Å². The smallest absolute Gasteiger partial charge is 0.133 e. The van der Waals surface area contributed by atoms with Gasteiger partial charge in [0.1, 0.15) is 11.7 Å². The molecule has 0 amide bonds. The topological polar surface area (TPSA) is 27.1 Å². The van der Waals surface area contributed by atoms with Crippen LogP contribution in [0, 0.1) is 25.1 Å². The maximum absolute atomic E-state index is 13.3. The second-order valence-electron chi connectivity index (χ2n) is 5.03. The zero-order valence-corrected chi connectivity index (χ0v) is 11.0. The van der Waals surface area contributed by atoms with E-state index in [4.69, 9.17) is 5.41 Å². The Morgan fingerprint density at radius 2 is 1.89 bits per heavy atom. The normalized spacial score (nSPS) is 13.8. The van der Waals surface area contributed by atoms with Gasteiger partial charge in [-0.15, -0.1) is 0 Å². The molecular weight excluding hydrogens is 239 g/mol. The van der Waals surface area contributed by atoms with Crippen molar-refractivity contribution in [3.63, 3.8) is 0 Å². The molecule has 2 aromatic rings. The highest BCUT2D eigenvalue weighted by atomic mass is 19.1. The minimum Gasteiger partial charge on any atom is -0.322 e. The SMILES string of the molecule is Cc1ccc(N2Cc3ccc(F)cc3C2=N)c(C)c1. The molecule has 1 heterocycles. The fraction of sp³-hybridized carbons (Fsp3) is 0.188. The van der Waals surface area contributed by atoms with Gasteiger partial charge in [-0.1, -0.05) is 23.8 Å². The molecule has 0 atom stereocenters. The second-order valence-corrected chi connectivity index (χ2v) is 5.03. The Labute approximate surface area is 112 Å². The van der Waals surface area contributed by atoms with Crippen molar-refractivity contribution in [2.45, 2.75) is 20.4 Å². The van der Waals surface area contributed by atoms with Crippen molar-refractivity contribution in [1.29, 1.82) is 5.41 Å². The van der Waals surface area contributed by atoms with E-state index >= 15 is 0 Å². The zero-order valence-electron chi connectivity index (χ0n) is 11.0. The van der Waals surface area contributed by atoms with Gasteiger partial charge in [0, 0.05) is 11.3 Å². The summed E-state index contributed by atoms with van der Waals surface area (Å²) in [5.74, 6) is 0.0902. The van der Waals surface area contributed by atoms with E-state index in [1.54, 1.807) is 6.07 Å². The van der Waals surface area contributed by atoms with Gasteiger partial charge < -0.3 is 4.90 Å². The maximum atomic E-state index is 13.3. The minimum atomic E-state index is -0.286. The Kier molecular flexibility index (Phi) is 2.63. The van der Waals surface area contributed by atoms with E-state index in [1.165, 1.54) is 17.7 Å². The van der Waals surface area contributed by atoms with Gasteiger partial charge in [0.05, 0.1) is 6.54 Å². The van der Waals surface area contributed by atoms with Crippen LogP contribution in [-0.4, -0.2) is 5.84 Å². The van der Waals surface area contributed by atoms with Gasteiger partial charge in [0.25, 0.3) is 0 Å². The number of fused-ring (bicyclic) bond motifs is 1. The van der Waals surface area contributed by atoms with E-state index in [9.17, 15) is 4.39 Å². The molecule has 1 N–H and O–H groups in total. The first kappa shape index (κ1) is 11.9. The van der Waals surface area contributed by atoms with Crippen molar-refractivity contribution < 1.29 is 4.39 Å². The maximum Gasteiger partial charge on any atom is 0.133 e. The fourth-order valence-corrected chi connectivity index (χ4v) is 2.62. The van der Waals surface area contributed by atoms with Crippen molar-refractivity contribution in [2.24, 2.45) is 0 Å². The number of aryl methyl sites for hydroxylation is 2. The van der Waals surface area contributed by atoms with E-state index < -0.39 is 0 Å². The first-order valence-corrected chi connectivity index (χ1v) is 6.28. The molecule has 0 aromatic heterocycles. The zero-order chi connectivity index (χ0) is 13.6. The number of hydrogen-bond donors (Lipinski definition) is 1. The second kappa shape index (κ2) is 4.19. The van der Waals surface area contributed by atoms with Crippen molar-refractivity contribution in [1.82, 2.24) is 0 Å². The number of hydrogen-bond acceptors (Lipinski definition) is 1. The Morgan fingerprint density at radius 1 is 1.11 bits per heavy atom. The van der Waals surface area contributed by atoms with Gasteiger partial charge in [-0.05, 0) is 43.2 Å². The molecule has 0 saturated heterocycles. The lowest BCUT2D eigenvalue weighted by atomic mass is 10.1. The van der Waals surface area contributed by atoms with Gasteiger partial charge in [-0.2, -0.15) is 0 Å². The van der Waals surface area contributed by atoms with Crippen LogP contribution in [0.3, 0.4) is 0 Å². The standard InChI is InChI=1S/C16H15FN2/c1-10-3-6-15(11(2)7-10)19-9-12-4-5-13(17)8-14(12)16(19)18/h3-8,18H,9H2,1-2H3. The van der Waals surface area contributed by atoms with E-state index in [1.807, 2.05) is 24.0 Å². The van der Waals surface area contributed by atoms with Crippen molar-refractivity contribution in [3.8, 4) is 0 Å². The first-order chi connectivity index (χ1) is 9.06. The summed E-state index contributed by atoms with van der Waals surface area (Å²) in [6.07, 6.45) is 0. The lowest BCUT2D eigenvalue weighted by Gasteiger charge is -2.20. The molecule has 96 valence electrons. The van der Waals surface area contributed by atoms with Crippen LogP contribution in [0.2, 0.25) is 0 Å². The van der Waals surface area contributed by atoms with Crippen molar-refractivity contribution in [2.75, 3.05) is 4.90 Å². The van der Waals surface area contributed by atoms with E-state index in [-0.39, 0.29) is 5.82 Å². The van der Waals surface area contributed by atoms with E-state index in [0.717, 1.165) is 16.8 Å². The number of benzene rings is 2. The molecule has 0 radical (unpaired) electrons. The van der Waals surface area contributed by atoms with Crippen LogP contribution >= 0.6 is 0 Å². The van der Waals surface area contributed by atoms with E-state index in [2.05, 4.69) is 13.0 Å². The molecule has 0 saturated carbocycles. The molecule has 1 aliphatic rings. The molecule has 0 aliphatic carbocycles. The molecule has 0 bridgehead atoms. The summed E-state index contributed by atoms with van der Waals surface area (Å²) >= 11 is 0. The van der Waals surface area contributed by atoms with Gasteiger partial charge in [-0.3, -0.25) is 5.41 Å². The average molecular weight is 254 g/mol. The third kappa shape index (κ3) is 1.91. The van der Waals surface area contributed by atoms with Crippen LogP contribution < -0.4 is 4.90 Å². The van der Waals surface area contributed by atoms with Crippen LogP contribution in [-0.2, 0) is 6.54 Å². The summed E-state index contributed by atoms with van der Waals surface area (Å²) < 4.78 is 13.3. The minimum absolute atomic E-state index is 0.286. The molecule has 3 heteroatoms. The Balaban J connectivity index is 2.04. The number of halogens is 1. The molecule has 2 aromatic carbocycles. The van der Waals surface area contributed by atoms with Crippen LogP contribution in [0.1, 0.15) is 22.3 Å². The largest absolute Gasteiger partial charge is 0.322 e. The Hall–Kier alpha value is -2.16. The molecule has 19 heavy (non-hydrogen) atoms. The van der Waals surface area contributed by atoms with Crippen molar-refractivity contribution >= 4 is 11.5 Å². The monoisotopic (exact) mass is 254 g/mol.